The van der Waals surface area contributed by atoms with Crippen LogP contribution < -0.4 is 10.6 Å². The lowest BCUT2D eigenvalue weighted by molar-refractivity contribution is 0.131. The Morgan fingerprint density at radius 1 is 1.32 bits per heavy atom. The molecule has 3 N–H and O–H groups in total. The number of halogens is 2. The minimum atomic E-state index is -0.563. The minimum Gasteiger partial charge on any atom is -0.396 e. The van der Waals surface area contributed by atoms with Crippen molar-refractivity contribution >= 4 is 5.96 Å². The van der Waals surface area contributed by atoms with Crippen LogP contribution >= 0.6 is 0 Å². The molecule has 6 nitrogen and oxygen atoms in total. The van der Waals surface area contributed by atoms with Gasteiger partial charge in [0, 0.05) is 37.3 Å². The molecule has 0 aliphatic carbocycles. The van der Waals surface area contributed by atoms with Gasteiger partial charge in [0.1, 0.15) is 11.6 Å². The molecule has 0 spiro atoms. The molecule has 2 unspecified atom stereocenters. The standard InChI is InChI=1S/C20H32F2N4O2/c1-4-23-19(25-13-20(8-10-27)9-11-28-14-20)24-12-17(26(2)3)18-15(21)6-5-7-16(18)22/h5-7,17,27H,4,8-14H2,1-3H3,(H2,23,24,25). The molecular formula is C20H32F2N4O2. The first-order valence-electron chi connectivity index (χ1n) is 9.73. The van der Waals surface area contributed by atoms with Gasteiger partial charge in [0.2, 0.25) is 0 Å². The molecule has 1 aromatic carbocycles. The van der Waals surface area contributed by atoms with Gasteiger partial charge in [-0.1, -0.05) is 6.07 Å². The molecule has 1 fully saturated rings. The van der Waals surface area contributed by atoms with Crippen molar-refractivity contribution < 1.29 is 18.6 Å². The number of benzene rings is 1. The third kappa shape index (κ3) is 5.86. The smallest absolute Gasteiger partial charge is 0.191 e. The van der Waals surface area contributed by atoms with Gasteiger partial charge in [0.25, 0.3) is 0 Å². The van der Waals surface area contributed by atoms with E-state index in [-0.39, 0.29) is 17.6 Å². The lowest BCUT2D eigenvalue weighted by atomic mass is 9.84. The Labute approximate surface area is 166 Å². The fourth-order valence-electron chi connectivity index (χ4n) is 3.44. The van der Waals surface area contributed by atoms with E-state index in [9.17, 15) is 13.9 Å². The predicted octanol–water partition coefficient (Wildman–Crippen LogP) is 1.91. The molecule has 0 aromatic heterocycles. The van der Waals surface area contributed by atoms with Gasteiger partial charge in [-0.3, -0.25) is 4.99 Å². The summed E-state index contributed by atoms with van der Waals surface area (Å²) in [5.41, 5.74) is -0.118. The Bertz CT molecular complexity index is 629. The molecule has 2 rings (SSSR count). The number of aliphatic hydroxyl groups is 1. The van der Waals surface area contributed by atoms with Crippen molar-refractivity contribution in [2.45, 2.75) is 25.8 Å². The molecule has 0 saturated carbocycles. The molecular weight excluding hydrogens is 366 g/mol. The van der Waals surface area contributed by atoms with E-state index in [2.05, 4.69) is 15.6 Å². The molecule has 1 aromatic rings. The number of rotatable bonds is 9. The van der Waals surface area contributed by atoms with Crippen molar-refractivity contribution in [1.29, 1.82) is 0 Å². The second-order valence-electron chi connectivity index (χ2n) is 7.47. The van der Waals surface area contributed by atoms with Gasteiger partial charge >= 0.3 is 0 Å². The minimum absolute atomic E-state index is 0.0387. The molecule has 28 heavy (non-hydrogen) atoms. The first kappa shape index (κ1) is 22.5. The van der Waals surface area contributed by atoms with Crippen LogP contribution in [0.5, 0.6) is 0 Å². The highest BCUT2D eigenvalue weighted by atomic mass is 19.1. The third-order valence-corrected chi connectivity index (χ3v) is 5.16. The SMILES string of the molecule is CCNC(=NCC1(CCO)CCOC1)NCC(c1c(F)cccc1F)N(C)C. The van der Waals surface area contributed by atoms with Gasteiger partial charge in [-0.2, -0.15) is 0 Å². The lowest BCUT2D eigenvalue weighted by Crippen LogP contribution is -2.43. The van der Waals surface area contributed by atoms with E-state index in [1.165, 1.54) is 18.2 Å². The van der Waals surface area contributed by atoms with E-state index in [4.69, 9.17) is 4.74 Å². The van der Waals surface area contributed by atoms with Gasteiger partial charge in [0.05, 0.1) is 19.2 Å². The van der Waals surface area contributed by atoms with Gasteiger partial charge in [-0.15, -0.1) is 0 Å². The highest BCUT2D eigenvalue weighted by Crippen LogP contribution is 2.32. The molecule has 0 bridgehead atoms. The van der Waals surface area contributed by atoms with Crippen LogP contribution in [0, 0.1) is 17.0 Å². The summed E-state index contributed by atoms with van der Waals surface area (Å²) in [6.07, 6.45) is 1.49. The first-order chi connectivity index (χ1) is 13.4. The van der Waals surface area contributed by atoms with E-state index in [1.807, 2.05) is 6.92 Å². The van der Waals surface area contributed by atoms with Crippen molar-refractivity contribution in [3.05, 3.63) is 35.4 Å². The highest BCUT2D eigenvalue weighted by molar-refractivity contribution is 5.79. The number of nitrogens with one attached hydrogen (secondary N) is 2. The summed E-state index contributed by atoms with van der Waals surface area (Å²) < 4.78 is 34.0. The normalized spacial score (nSPS) is 21.2. The zero-order valence-electron chi connectivity index (χ0n) is 17.0. The van der Waals surface area contributed by atoms with Gasteiger partial charge in [-0.25, -0.2) is 8.78 Å². The Kier molecular flexibility index (Phi) is 8.59. The van der Waals surface area contributed by atoms with Crippen LogP contribution in [0.3, 0.4) is 0 Å². The quantitative estimate of drug-likeness (QED) is 0.438. The predicted molar refractivity (Wildman–Crippen MR) is 106 cm³/mol. The second kappa shape index (κ2) is 10.7. The fraction of sp³-hybridized carbons (Fsp3) is 0.650. The van der Waals surface area contributed by atoms with Crippen LogP contribution in [0.1, 0.15) is 31.4 Å². The topological polar surface area (TPSA) is 69.1 Å². The number of ether oxygens (including phenoxy) is 1. The maximum absolute atomic E-state index is 14.2. The zero-order valence-corrected chi connectivity index (χ0v) is 17.0. The number of hydrogen-bond acceptors (Lipinski definition) is 4. The molecule has 1 aliphatic rings. The first-order valence-corrected chi connectivity index (χ1v) is 9.73. The van der Waals surface area contributed by atoms with E-state index in [0.717, 1.165) is 6.42 Å². The number of nitrogens with zero attached hydrogens (tertiary/aromatic N) is 2. The monoisotopic (exact) mass is 398 g/mol. The van der Waals surface area contributed by atoms with Crippen molar-refractivity contribution in [2.24, 2.45) is 10.4 Å². The third-order valence-electron chi connectivity index (χ3n) is 5.16. The summed E-state index contributed by atoms with van der Waals surface area (Å²) in [4.78, 5) is 6.43. The van der Waals surface area contributed by atoms with Gasteiger partial charge < -0.3 is 25.4 Å². The molecule has 1 aliphatic heterocycles. The van der Waals surface area contributed by atoms with Gasteiger partial charge in [-0.05, 0) is 46.0 Å². The molecule has 1 saturated heterocycles. The molecule has 0 amide bonds. The fourth-order valence-corrected chi connectivity index (χ4v) is 3.44. The molecule has 158 valence electrons. The number of guanidine groups is 1. The van der Waals surface area contributed by atoms with Crippen LogP contribution in [0.2, 0.25) is 0 Å². The van der Waals surface area contributed by atoms with Crippen molar-refractivity contribution in [2.75, 3.05) is 53.6 Å². The van der Waals surface area contributed by atoms with Crippen molar-refractivity contribution in [3.63, 3.8) is 0 Å². The van der Waals surface area contributed by atoms with Crippen molar-refractivity contribution in [3.8, 4) is 0 Å². The average Bonchev–Trinajstić information content (AvgIpc) is 3.10. The highest BCUT2D eigenvalue weighted by Gasteiger charge is 2.34. The van der Waals surface area contributed by atoms with Crippen LogP contribution in [0.15, 0.2) is 23.2 Å². The average molecular weight is 398 g/mol. The summed E-state index contributed by atoms with van der Waals surface area (Å²) in [6, 6.07) is 3.41. The number of aliphatic hydroxyl groups excluding tert-OH is 1. The molecule has 1 heterocycles. The summed E-state index contributed by atoms with van der Waals surface area (Å²) >= 11 is 0. The number of aliphatic imine (C=N–C) groups is 1. The summed E-state index contributed by atoms with van der Waals surface area (Å²) in [6.45, 7) is 4.78. The molecule has 2 atom stereocenters. The Morgan fingerprint density at radius 3 is 2.57 bits per heavy atom. The van der Waals surface area contributed by atoms with Crippen molar-refractivity contribution in [1.82, 2.24) is 15.5 Å². The lowest BCUT2D eigenvalue weighted by Gasteiger charge is -2.28. The number of hydrogen-bond donors (Lipinski definition) is 3. The molecule has 8 heteroatoms. The van der Waals surface area contributed by atoms with E-state index < -0.39 is 17.7 Å². The van der Waals surface area contributed by atoms with E-state index in [0.29, 0.717) is 45.2 Å². The largest absolute Gasteiger partial charge is 0.396 e. The Morgan fingerprint density at radius 2 is 2.04 bits per heavy atom. The Hall–Kier alpha value is -1.77. The summed E-state index contributed by atoms with van der Waals surface area (Å²) in [5, 5.41) is 15.7. The summed E-state index contributed by atoms with van der Waals surface area (Å²) in [7, 11) is 3.57. The maximum Gasteiger partial charge on any atom is 0.191 e. The van der Waals surface area contributed by atoms with Gasteiger partial charge in [0.15, 0.2) is 5.96 Å². The van der Waals surface area contributed by atoms with Crippen LogP contribution in [0.25, 0.3) is 0 Å². The number of likely N-dealkylation sites (N-methyl/N-ethyl adjacent to an activating group) is 1. The van der Waals surface area contributed by atoms with Crippen LogP contribution in [-0.2, 0) is 4.74 Å². The molecule has 0 radical (unpaired) electrons. The second-order valence-corrected chi connectivity index (χ2v) is 7.47. The maximum atomic E-state index is 14.2. The van der Waals surface area contributed by atoms with Crippen LogP contribution in [0.4, 0.5) is 8.78 Å². The van der Waals surface area contributed by atoms with Crippen LogP contribution in [-0.4, -0.2) is 69.5 Å². The van der Waals surface area contributed by atoms with E-state index >= 15 is 0 Å². The van der Waals surface area contributed by atoms with E-state index in [1.54, 1.807) is 19.0 Å². The Balaban J connectivity index is 2.11. The zero-order chi connectivity index (χ0) is 20.6. The summed E-state index contributed by atoms with van der Waals surface area (Å²) in [5.74, 6) is -0.546.